The van der Waals surface area contributed by atoms with E-state index in [1.54, 1.807) is 18.2 Å². The minimum Gasteiger partial charge on any atom is -0.371 e. The fourth-order valence-corrected chi connectivity index (χ4v) is 0.990. The zero-order chi connectivity index (χ0) is 8.32. The average Bonchev–Trinajstić information content (AvgIpc) is 1.85. The molecule has 5 nitrogen and oxygen atoms in total. The molecular weight excluding hydrogens is 180 g/mol. The van der Waals surface area contributed by atoms with Gasteiger partial charge in [-0.05, 0) is 12.1 Å². The SMILES string of the molecule is N.NS(=O)(=O)Oc1ccccc1. The molecule has 0 amide bonds. The number of nitrogens with two attached hydrogens (primary N) is 1. The molecule has 5 N–H and O–H groups in total. The van der Waals surface area contributed by atoms with Crippen LogP contribution in [0.15, 0.2) is 30.3 Å². The van der Waals surface area contributed by atoms with Crippen molar-refractivity contribution in [3.8, 4) is 5.75 Å². The smallest absolute Gasteiger partial charge is 0.371 e. The van der Waals surface area contributed by atoms with Crippen molar-refractivity contribution >= 4 is 10.3 Å². The number of para-hydroxylation sites is 1. The molecule has 68 valence electrons. The van der Waals surface area contributed by atoms with Crippen molar-refractivity contribution in [1.82, 2.24) is 6.15 Å². The lowest BCUT2D eigenvalue weighted by Gasteiger charge is -1.99. The molecular formula is C6H10N2O3S. The summed E-state index contributed by atoms with van der Waals surface area (Å²) < 4.78 is 25.1. The number of benzene rings is 1. The maximum atomic E-state index is 10.4. The molecule has 0 spiro atoms. The van der Waals surface area contributed by atoms with E-state index in [1.807, 2.05) is 0 Å². The van der Waals surface area contributed by atoms with E-state index >= 15 is 0 Å². The maximum absolute atomic E-state index is 10.4. The Balaban J connectivity index is 0.00000121. The molecule has 0 aliphatic carbocycles. The highest BCUT2D eigenvalue weighted by molar-refractivity contribution is 7.84. The van der Waals surface area contributed by atoms with E-state index in [0.29, 0.717) is 0 Å². The molecule has 0 aliphatic heterocycles. The van der Waals surface area contributed by atoms with Gasteiger partial charge in [0, 0.05) is 0 Å². The average molecular weight is 190 g/mol. The van der Waals surface area contributed by atoms with Gasteiger partial charge in [0.25, 0.3) is 0 Å². The first-order valence-electron chi connectivity index (χ1n) is 2.85. The lowest BCUT2D eigenvalue weighted by Crippen LogP contribution is -2.18. The summed E-state index contributed by atoms with van der Waals surface area (Å²) in [5.74, 6) is 0.218. The fourth-order valence-electron chi connectivity index (χ4n) is 0.610. The van der Waals surface area contributed by atoms with Crippen LogP contribution in [0.4, 0.5) is 0 Å². The molecule has 0 aromatic heterocycles. The Morgan fingerprint density at radius 1 is 1.17 bits per heavy atom. The quantitative estimate of drug-likeness (QED) is 0.705. The van der Waals surface area contributed by atoms with E-state index in [0.717, 1.165) is 0 Å². The van der Waals surface area contributed by atoms with E-state index in [-0.39, 0.29) is 11.9 Å². The van der Waals surface area contributed by atoms with Crippen molar-refractivity contribution in [2.24, 2.45) is 5.14 Å². The lowest BCUT2D eigenvalue weighted by atomic mass is 10.3. The third kappa shape index (κ3) is 3.91. The van der Waals surface area contributed by atoms with Crippen LogP contribution in [0.2, 0.25) is 0 Å². The van der Waals surface area contributed by atoms with E-state index in [1.165, 1.54) is 12.1 Å². The van der Waals surface area contributed by atoms with Crippen molar-refractivity contribution in [3.63, 3.8) is 0 Å². The van der Waals surface area contributed by atoms with Crippen molar-refractivity contribution < 1.29 is 12.6 Å². The first-order valence-corrected chi connectivity index (χ1v) is 4.32. The Labute approximate surface area is 71.0 Å². The van der Waals surface area contributed by atoms with E-state index in [2.05, 4.69) is 9.32 Å². The van der Waals surface area contributed by atoms with Crippen molar-refractivity contribution in [2.75, 3.05) is 0 Å². The van der Waals surface area contributed by atoms with Gasteiger partial charge in [0.15, 0.2) is 0 Å². The predicted octanol–water partition coefficient (Wildman–Crippen LogP) is 0.431. The predicted molar refractivity (Wildman–Crippen MR) is 45.2 cm³/mol. The van der Waals surface area contributed by atoms with Gasteiger partial charge in [0.2, 0.25) is 0 Å². The number of hydrogen-bond donors (Lipinski definition) is 2. The van der Waals surface area contributed by atoms with Crippen molar-refractivity contribution in [1.29, 1.82) is 0 Å². The molecule has 1 aromatic carbocycles. The van der Waals surface area contributed by atoms with Crippen LogP contribution in [-0.2, 0) is 10.3 Å². The van der Waals surface area contributed by atoms with E-state index in [4.69, 9.17) is 0 Å². The molecule has 0 unspecified atom stereocenters. The zero-order valence-corrected chi connectivity index (χ0v) is 7.12. The Kier molecular flexibility index (Phi) is 3.68. The van der Waals surface area contributed by atoms with Crippen LogP contribution < -0.4 is 15.5 Å². The van der Waals surface area contributed by atoms with Crippen LogP contribution in [0.5, 0.6) is 5.75 Å². The van der Waals surface area contributed by atoms with Gasteiger partial charge in [-0.1, -0.05) is 18.2 Å². The topological polar surface area (TPSA) is 104 Å². The Morgan fingerprint density at radius 3 is 2.08 bits per heavy atom. The molecule has 0 radical (unpaired) electrons. The third-order valence-electron chi connectivity index (χ3n) is 0.956. The molecule has 0 saturated heterocycles. The summed E-state index contributed by atoms with van der Waals surface area (Å²) in [6, 6.07) is 8.06. The van der Waals surface area contributed by atoms with Gasteiger partial charge in [-0.2, -0.15) is 13.6 Å². The highest BCUT2D eigenvalue weighted by Gasteiger charge is 2.02. The van der Waals surface area contributed by atoms with Gasteiger partial charge in [-0.25, -0.2) is 0 Å². The summed E-state index contributed by atoms with van der Waals surface area (Å²) in [6.07, 6.45) is 0. The monoisotopic (exact) mass is 190 g/mol. The molecule has 0 bridgehead atoms. The molecule has 1 aromatic rings. The van der Waals surface area contributed by atoms with Crippen molar-refractivity contribution in [2.45, 2.75) is 0 Å². The van der Waals surface area contributed by atoms with Crippen LogP contribution in [0.3, 0.4) is 0 Å². The molecule has 0 atom stereocenters. The summed E-state index contributed by atoms with van der Waals surface area (Å²) in [5, 5.41) is 4.62. The van der Waals surface area contributed by atoms with Crippen LogP contribution >= 0.6 is 0 Å². The fraction of sp³-hybridized carbons (Fsp3) is 0. The summed E-state index contributed by atoms with van der Waals surface area (Å²) in [7, 11) is -3.88. The highest BCUT2D eigenvalue weighted by Crippen LogP contribution is 2.09. The van der Waals surface area contributed by atoms with Gasteiger partial charge in [-0.15, -0.1) is 0 Å². The molecule has 6 heteroatoms. The largest absolute Gasteiger partial charge is 0.380 e. The van der Waals surface area contributed by atoms with Gasteiger partial charge in [-0.3, -0.25) is 0 Å². The minimum atomic E-state index is -3.88. The maximum Gasteiger partial charge on any atom is 0.380 e. The van der Waals surface area contributed by atoms with Crippen LogP contribution in [-0.4, -0.2) is 8.42 Å². The van der Waals surface area contributed by atoms with E-state index < -0.39 is 10.3 Å². The first-order chi connectivity index (χ1) is 5.08. The highest BCUT2D eigenvalue weighted by atomic mass is 32.2. The summed E-state index contributed by atoms with van der Waals surface area (Å²) >= 11 is 0. The van der Waals surface area contributed by atoms with Gasteiger partial charge < -0.3 is 10.3 Å². The summed E-state index contributed by atoms with van der Waals surface area (Å²) in [4.78, 5) is 0. The van der Waals surface area contributed by atoms with Crippen LogP contribution in [0.1, 0.15) is 0 Å². The number of hydrogen-bond acceptors (Lipinski definition) is 4. The third-order valence-corrected chi connectivity index (χ3v) is 1.38. The second-order valence-electron chi connectivity index (χ2n) is 1.89. The minimum absolute atomic E-state index is 0. The Bertz CT molecular complexity index is 322. The summed E-state index contributed by atoms with van der Waals surface area (Å²) in [6.45, 7) is 0. The van der Waals surface area contributed by atoms with Gasteiger partial charge in [0.05, 0.1) is 0 Å². The second kappa shape index (κ2) is 4.05. The standard InChI is InChI=1S/C6H7NO3S.H3N/c7-11(8,9)10-6-4-2-1-3-5-6;/h1-5H,(H2,7,8,9);1H3. The summed E-state index contributed by atoms with van der Waals surface area (Å²) in [5.41, 5.74) is 0. The van der Waals surface area contributed by atoms with Crippen LogP contribution in [0, 0.1) is 0 Å². The molecule has 0 fully saturated rings. The van der Waals surface area contributed by atoms with Crippen LogP contribution in [0.25, 0.3) is 0 Å². The normalized spacial score (nSPS) is 10.1. The number of rotatable bonds is 2. The zero-order valence-electron chi connectivity index (χ0n) is 6.30. The lowest BCUT2D eigenvalue weighted by molar-refractivity contribution is 0.488. The van der Waals surface area contributed by atoms with Gasteiger partial charge in [0.1, 0.15) is 5.75 Å². The first kappa shape index (κ1) is 10.9. The Morgan fingerprint density at radius 2 is 1.67 bits per heavy atom. The van der Waals surface area contributed by atoms with Crippen molar-refractivity contribution in [3.05, 3.63) is 30.3 Å². The molecule has 1 rings (SSSR count). The van der Waals surface area contributed by atoms with E-state index in [9.17, 15) is 8.42 Å². The molecule has 0 saturated carbocycles. The molecule has 12 heavy (non-hydrogen) atoms. The Hall–Kier alpha value is -1.11. The second-order valence-corrected chi connectivity index (χ2v) is 3.04. The van der Waals surface area contributed by atoms with Gasteiger partial charge >= 0.3 is 10.3 Å². The molecule has 0 aliphatic rings. The molecule has 0 heterocycles.